The van der Waals surface area contributed by atoms with Gasteiger partial charge in [-0.05, 0) is 19.4 Å². The second-order valence-electron chi connectivity index (χ2n) is 5.23. The van der Waals surface area contributed by atoms with Crippen molar-refractivity contribution in [1.82, 2.24) is 10.2 Å². The molecule has 0 saturated carbocycles. The molecular weight excluding hydrogens is 256 g/mol. The first-order chi connectivity index (χ1) is 9.68. The van der Waals surface area contributed by atoms with Gasteiger partial charge in [0.05, 0.1) is 12.5 Å². The van der Waals surface area contributed by atoms with Crippen LogP contribution in [0.3, 0.4) is 0 Å². The van der Waals surface area contributed by atoms with Crippen molar-refractivity contribution in [3.8, 4) is 5.75 Å². The third kappa shape index (κ3) is 2.13. The summed E-state index contributed by atoms with van der Waals surface area (Å²) in [4.78, 5) is 26.2. The summed E-state index contributed by atoms with van der Waals surface area (Å²) in [5, 5.41) is 2.78. The Hall–Kier alpha value is -2.04. The van der Waals surface area contributed by atoms with E-state index in [1.54, 1.807) is 11.8 Å². The van der Waals surface area contributed by atoms with Crippen molar-refractivity contribution in [1.29, 1.82) is 0 Å². The first kappa shape index (κ1) is 13.0. The number of amides is 2. The third-order valence-electron chi connectivity index (χ3n) is 4.04. The van der Waals surface area contributed by atoms with E-state index in [0.29, 0.717) is 26.1 Å². The van der Waals surface area contributed by atoms with Gasteiger partial charge in [0.15, 0.2) is 0 Å². The van der Waals surface area contributed by atoms with Crippen molar-refractivity contribution in [2.24, 2.45) is 0 Å². The summed E-state index contributed by atoms with van der Waals surface area (Å²) in [5.74, 6) is 0.535. The average Bonchev–Trinajstić information content (AvgIpc) is 2.49. The van der Waals surface area contributed by atoms with E-state index in [2.05, 4.69) is 5.32 Å². The summed E-state index contributed by atoms with van der Waals surface area (Å²) in [7, 11) is 0. The first-order valence-electron chi connectivity index (χ1n) is 6.98. The van der Waals surface area contributed by atoms with Crippen molar-refractivity contribution in [3.63, 3.8) is 0 Å². The molecule has 2 aliphatic heterocycles. The lowest BCUT2D eigenvalue weighted by Gasteiger charge is -2.36. The van der Waals surface area contributed by atoms with Crippen molar-refractivity contribution >= 4 is 11.8 Å². The number of rotatable bonds is 1. The van der Waals surface area contributed by atoms with Crippen molar-refractivity contribution in [2.75, 3.05) is 19.7 Å². The number of hydrogen-bond acceptors (Lipinski definition) is 3. The fourth-order valence-corrected chi connectivity index (χ4v) is 2.88. The van der Waals surface area contributed by atoms with E-state index >= 15 is 0 Å². The van der Waals surface area contributed by atoms with Gasteiger partial charge in [0.25, 0.3) is 0 Å². The first-order valence-corrected chi connectivity index (χ1v) is 6.98. The molecule has 20 heavy (non-hydrogen) atoms. The van der Waals surface area contributed by atoms with Crippen molar-refractivity contribution in [2.45, 2.75) is 25.3 Å². The van der Waals surface area contributed by atoms with E-state index in [1.807, 2.05) is 24.3 Å². The molecule has 106 valence electrons. The molecule has 1 fully saturated rings. The van der Waals surface area contributed by atoms with Crippen LogP contribution in [-0.2, 0) is 9.59 Å². The number of fused-ring (bicyclic) bond motifs is 1. The molecule has 5 heteroatoms. The van der Waals surface area contributed by atoms with Crippen LogP contribution in [0, 0.1) is 0 Å². The molecule has 5 nitrogen and oxygen atoms in total. The van der Waals surface area contributed by atoms with Gasteiger partial charge in [0.1, 0.15) is 11.8 Å². The summed E-state index contributed by atoms with van der Waals surface area (Å²) in [6.45, 7) is 3.42. The molecule has 2 heterocycles. The Bertz CT molecular complexity index is 544. The Balaban J connectivity index is 1.86. The Labute approximate surface area is 117 Å². The van der Waals surface area contributed by atoms with Crippen LogP contribution in [0.5, 0.6) is 5.75 Å². The standard InChI is InChI=1S/C15H18N2O3/c1-10-14(18)16-7-8-17(10)15(19)12-6-9-20-13-5-3-2-4-11(12)13/h2-5,10,12H,6-9H2,1H3,(H,16,18). The number of para-hydroxylation sites is 1. The molecule has 1 saturated heterocycles. The fourth-order valence-electron chi connectivity index (χ4n) is 2.88. The van der Waals surface area contributed by atoms with Crippen LogP contribution in [0.2, 0.25) is 0 Å². The Morgan fingerprint density at radius 2 is 2.20 bits per heavy atom. The molecule has 2 aliphatic rings. The smallest absolute Gasteiger partial charge is 0.242 e. The monoisotopic (exact) mass is 274 g/mol. The maximum absolute atomic E-state index is 12.8. The fraction of sp³-hybridized carbons (Fsp3) is 0.467. The molecule has 2 amide bonds. The number of ether oxygens (including phenoxy) is 1. The highest BCUT2D eigenvalue weighted by Crippen LogP contribution is 2.35. The van der Waals surface area contributed by atoms with Crippen LogP contribution < -0.4 is 10.1 Å². The minimum atomic E-state index is -0.397. The van der Waals surface area contributed by atoms with Gasteiger partial charge in [0, 0.05) is 18.7 Å². The number of hydrogen-bond donors (Lipinski definition) is 1. The van der Waals surface area contributed by atoms with Crippen LogP contribution in [0.25, 0.3) is 0 Å². The topological polar surface area (TPSA) is 58.6 Å². The SMILES string of the molecule is CC1C(=O)NCCN1C(=O)C1CCOc2ccccc21. The van der Waals surface area contributed by atoms with E-state index in [0.717, 1.165) is 11.3 Å². The summed E-state index contributed by atoms with van der Waals surface area (Å²) in [6, 6.07) is 7.25. The van der Waals surface area contributed by atoms with Gasteiger partial charge in [0.2, 0.25) is 11.8 Å². The van der Waals surface area contributed by atoms with E-state index in [1.165, 1.54) is 0 Å². The van der Waals surface area contributed by atoms with Crippen LogP contribution in [0.4, 0.5) is 0 Å². The highest BCUT2D eigenvalue weighted by molar-refractivity contribution is 5.91. The van der Waals surface area contributed by atoms with E-state index in [-0.39, 0.29) is 17.7 Å². The maximum atomic E-state index is 12.8. The van der Waals surface area contributed by atoms with E-state index in [4.69, 9.17) is 4.74 Å². The van der Waals surface area contributed by atoms with Gasteiger partial charge >= 0.3 is 0 Å². The van der Waals surface area contributed by atoms with Gasteiger partial charge < -0.3 is 15.0 Å². The number of carbonyl (C=O) groups excluding carboxylic acids is 2. The minimum absolute atomic E-state index is 0.0306. The molecule has 0 bridgehead atoms. The van der Waals surface area contributed by atoms with Gasteiger partial charge in [-0.3, -0.25) is 9.59 Å². The predicted octanol–water partition coefficient (Wildman–Crippen LogP) is 0.900. The highest BCUT2D eigenvalue weighted by Gasteiger charge is 2.36. The second-order valence-corrected chi connectivity index (χ2v) is 5.23. The molecule has 0 aliphatic carbocycles. The lowest BCUT2D eigenvalue weighted by Crippen LogP contribution is -2.57. The van der Waals surface area contributed by atoms with Crippen molar-refractivity contribution in [3.05, 3.63) is 29.8 Å². The molecule has 2 unspecified atom stereocenters. The van der Waals surface area contributed by atoms with Gasteiger partial charge in [-0.2, -0.15) is 0 Å². The molecule has 3 rings (SSSR count). The molecular formula is C15H18N2O3. The number of nitrogens with zero attached hydrogens (tertiary/aromatic N) is 1. The lowest BCUT2D eigenvalue weighted by molar-refractivity contribution is -0.144. The van der Waals surface area contributed by atoms with E-state index in [9.17, 15) is 9.59 Å². The molecule has 0 aromatic heterocycles. The zero-order valence-electron chi connectivity index (χ0n) is 11.5. The maximum Gasteiger partial charge on any atom is 0.242 e. The predicted molar refractivity (Wildman–Crippen MR) is 73.5 cm³/mol. The normalized spacial score (nSPS) is 25.4. The molecule has 2 atom stereocenters. The number of benzene rings is 1. The highest BCUT2D eigenvalue weighted by atomic mass is 16.5. The summed E-state index contributed by atoms with van der Waals surface area (Å²) < 4.78 is 5.59. The molecule has 0 radical (unpaired) electrons. The van der Waals surface area contributed by atoms with Crippen LogP contribution in [0.15, 0.2) is 24.3 Å². The molecule has 1 aromatic rings. The quantitative estimate of drug-likeness (QED) is 0.827. The molecule has 1 N–H and O–H groups in total. The molecule has 0 spiro atoms. The van der Waals surface area contributed by atoms with Crippen molar-refractivity contribution < 1.29 is 14.3 Å². The van der Waals surface area contributed by atoms with Crippen LogP contribution in [0.1, 0.15) is 24.8 Å². The third-order valence-corrected chi connectivity index (χ3v) is 4.04. The van der Waals surface area contributed by atoms with Crippen LogP contribution >= 0.6 is 0 Å². The Kier molecular flexibility index (Phi) is 3.34. The largest absolute Gasteiger partial charge is 0.493 e. The van der Waals surface area contributed by atoms with Gasteiger partial charge in [-0.15, -0.1) is 0 Å². The average molecular weight is 274 g/mol. The van der Waals surface area contributed by atoms with Gasteiger partial charge in [-0.1, -0.05) is 18.2 Å². The minimum Gasteiger partial charge on any atom is -0.493 e. The Morgan fingerprint density at radius 3 is 3.05 bits per heavy atom. The Morgan fingerprint density at radius 1 is 1.40 bits per heavy atom. The second kappa shape index (κ2) is 5.15. The number of piperazine rings is 1. The van der Waals surface area contributed by atoms with Gasteiger partial charge in [-0.25, -0.2) is 0 Å². The zero-order valence-corrected chi connectivity index (χ0v) is 11.5. The summed E-state index contributed by atoms with van der Waals surface area (Å²) in [6.07, 6.45) is 0.667. The lowest BCUT2D eigenvalue weighted by atomic mass is 9.91. The van der Waals surface area contributed by atoms with Crippen LogP contribution in [-0.4, -0.2) is 42.5 Å². The number of nitrogens with one attached hydrogen (secondary N) is 1. The zero-order chi connectivity index (χ0) is 14.1. The summed E-state index contributed by atoms with van der Waals surface area (Å²) >= 11 is 0. The van der Waals surface area contributed by atoms with E-state index < -0.39 is 6.04 Å². The molecule has 1 aromatic carbocycles. The number of carbonyl (C=O) groups is 2. The summed E-state index contributed by atoms with van der Waals surface area (Å²) in [5.41, 5.74) is 0.932.